The highest BCUT2D eigenvalue weighted by molar-refractivity contribution is 5.45. The maximum atomic E-state index is 6.17. The lowest BCUT2D eigenvalue weighted by Gasteiger charge is -2.24. The molecule has 1 unspecified atom stereocenters. The molecule has 23 heavy (non-hydrogen) atoms. The minimum Gasteiger partial charge on any atom is -0.493 e. The zero-order valence-corrected chi connectivity index (χ0v) is 14.0. The fourth-order valence-corrected chi connectivity index (χ4v) is 4.12. The van der Waals surface area contributed by atoms with E-state index in [1.807, 2.05) is 0 Å². The monoisotopic (exact) mass is 317 g/mol. The van der Waals surface area contributed by atoms with Crippen LogP contribution in [0, 0.1) is 0 Å². The summed E-state index contributed by atoms with van der Waals surface area (Å²) in [6.45, 7) is 3.68. The molecule has 0 aromatic heterocycles. The van der Waals surface area contributed by atoms with Crippen molar-refractivity contribution < 1.29 is 14.2 Å². The van der Waals surface area contributed by atoms with E-state index in [9.17, 15) is 0 Å². The molecule has 0 saturated carbocycles. The third kappa shape index (κ3) is 3.33. The summed E-state index contributed by atoms with van der Waals surface area (Å²) >= 11 is 0. The molecule has 2 atom stereocenters. The minimum atomic E-state index is 0.295. The van der Waals surface area contributed by atoms with Gasteiger partial charge in [-0.25, -0.2) is 0 Å². The van der Waals surface area contributed by atoms with E-state index in [-0.39, 0.29) is 0 Å². The van der Waals surface area contributed by atoms with Crippen LogP contribution in [0.1, 0.15) is 43.6 Å². The van der Waals surface area contributed by atoms with Gasteiger partial charge in [-0.05, 0) is 51.1 Å². The Morgan fingerprint density at radius 2 is 2.09 bits per heavy atom. The summed E-state index contributed by atoms with van der Waals surface area (Å²) in [4.78, 5) is 2.50. The number of hydrogen-bond acceptors (Lipinski definition) is 4. The molecule has 4 heteroatoms. The van der Waals surface area contributed by atoms with Gasteiger partial charge < -0.3 is 19.1 Å². The molecular weight excluding hydrogens is 290 g/mol. The van der Waals surface area contributed by atoms with Crippen LogP contribution in [0.2, 0.25) is 0 Å². The zero-order valence-electron chi connectivity index (χ0n) is 14.0. The summed E-state index contributed by atoms with van der Waals surface area (Å²) in [6.07, 6.45) is 6.12. The van der Waals surface area contributed by atoms with E-state index in [0.29, 0.717) is 18.1 Å². The molecule has 0 spiro atoms. The lowest BCUT2D eigenvalue weighted by molar-refractivity contribution is 0.0255. The second-order valence-corrected chi connectivity index (χ2v) is 7.15. The Hall–Kier alpha value is -1.26. The first kappa shape index (κ1) is 15.3. The Labute approximate surface area is 138 Å². The van der Waals surface area contributed by atoms with E-state index < -0.39 is 0 Å². The summed E-state index contributed by atoms with van der Waals surface area (Å²) in [7, 11) is 2.25. The quantitative estimate of drug-likeness (QED) is 0.853. The van der Waals surface area contributed by atoms with E-state index in [1.54, 1.807) is 0 Å². The lowest BCUT2D eigenvalue weighted by atomic mass is 9.93. The number of nitrogens with zero attached hydrogens (tertiary/aromatic N) is 1. The van der Waals surface area contributed by atoms with Crippen LogP contribution in [0.15, 0.2) is 18.2 Å². The summed E-state index contributed by atoms with van der Waals surface area (Å²) in [5, 5.41) is 0. The van der Waals surface area contributed by atoms with Crippen LogP contribution in [0.4, 0.5) is 0 Å². The average molecular weight is 317 g/mol. The van der Waals surface area contributed by atoms with Crippen molar-refractivity contribution in [3.63, 3.8) is 0 Å². The second-order valence-electron chi connectivity index (χ2n) is 7.15. The Morgan fingerprint density at radius 3 is 2.87 bits per heavy atom. The van der Waals surface area contributed by atoms with Crippen LogP contribution in [-0.2, 0) is 4.74 Å². The number of hydrogen-bond donors (Lipinski definition) is 0. The van der Waals surface area contributed by atoms with Crippen LogP contribution < -0.4 is 9.47 Å². The molecule has 2 saturated heterocycles. The fourth-order valence-electron chi connectivity index (χ4n) is 4.12. The topological polar surface area (TPSA) is 30.9 Å². The summed E-state index contributed by atoms with van der Waals surface area (Å²) in [5.41, 5.74) is 1.34. The molecule has 1 aromatic rings. The standard InChI is InChI=1S/C19H27NO3/c1-20-8-2-3-15(20)11-14-13-22-19-5-4-17(12-18(14)19)23-16-6-9-21-10-7-16/h4-5,12,14-16H,2-3,6-11,13H2,1H3/t14?,15-/m1/s1. The van der Waals surface area contributed by atoms with Crippen molar-refractivity contribution in [2.24, 2.45) is 0 Å². The van der Waals surface area contributed by atoms with Crippen molar-refractivity contribution in [3.05, 3.63) is 23.8 Å². The Morgan fingerprint density at radius 1 is 1.22 bits per heavy atom. The molecule has 0 bridgehead atoms. The maximum Gasteiger partial charge on any atom is 0.123 e. The van der Waals surface area contributed by atoms with Gasteiger partial charge in [-0.15, -0.1) is 0 Å². The van der Waals surface area contributed by atoms with Crippen LogP contribution in [-0.4, -0.2) is 50.5 Å². The van der Waals surface area contributed by atoms with Gasteiger partial charge in [0.25, 0.3) is 0 Å². The van der Waals surface area contributed by atoms with Crippen LogP contribution in [0.5, 0.6) is 11.5 Å². The number of fused-ring (bicyclic) bond motifs is 1. The Kier molecular flexibility index (Phi) is 4.45. The molecule has 3 aliphatic rings. The molecule has 4 nitrogen and oxygen atoms in total. The van der Waals surface area contributed by atoms with Crippen LogP contribution >= 0.6 is 0 Å². The summed E-state index contributed by atoms with van der Waals surface area (Å²) in [6, 6.07) is 7.06. The highest BCUT2D eigenvalue weighted by Crippen LogP contribution is 2.40. The number of benzene rings is 1. The largest absolute Gasteiger partial charge is 0.493 e. The van der Waals surface area contributed by atoms with Crippen LogP contribution in [0.3, 0.4) is 0 Å². The van der Waals surface area contributed by atoms with Gasteiger partial charge in [0, 0.05) is 30.4 Å². The number of ether oxygens (including phenoxy) is 3. The van der Waals surface area contributed by atoms with Gasteiger partial charge in [0.15, 0.2) is 0 Å². The van der Waals surface area contributed by atoms with Crippen molar-refractivity contribution >= 4 is 0 Å². The average Bonchev–Trinajstić information content (AvgIpc) is 3.16. The highest BCUT2D eigenvalue weighted by Gasteiger charge is 2.31. The first-order chi connectivity index (χ1) is 11.3. The zero-order chi connectivity index (χ0) is 15.6. The van der Waals surface area contributed by atoms with Gasteiger partial charge in [-0.2, -0.15) is 0 Å². The van der Waals surface area contributed by atoms with E-state index in [4.69, 9.17) is 14.2 Å². The lowest BCUT2D eigenvalue weighted by Crippen LogP contribution is -2.27. The van der Waals surface area contributed by atoms with Gasteiger partial charge in [0.1, 0.15) is 17.6 Å². The first-order valence-electron chi connectivity index (χ1n) is 9.01. The van der Waals surface area contributed by atoms with E-state index in [0.717, 1.165) is 44.2 Å². The molecule has 0 radical (unpaired) electrons. The highest BCUT2D eigenvalue weighted by atomic mass is 16.5. The molecule has 4 rings (SSSR count). The van der Waals surface area contributed by atoms with Gasteiger partial charge in [0.2, 0.25) is 0 Å². The van der Waals surface area contributed by atoms with E-state index in [1.165, 1.54) is 31.4 Å². The molecule has 0 amide bonds. The molecule has 0 N–H and O–H groups in total. The number of rotatable bonds is 4. The third-order valence-corrected chi connectivity index (χ3v) is 5.56. The van der Waals surface area contributed by atoms with Crippen molar-refractivity contribution in [2.45, 2.75) is 50.2 Å². The Balaban J connectivity index is 1.45. The predicted molar refractivity (Wildman–Crippen MR) is 89.4 cm³/mol. The first-order valence-corrected chi connectivity index (χ1v) is 9.01. The van der Waals surface area contributed by atoms with Crippen molar-refractivity contribution in [2.75, 3.05) is 33.4 Å². The molecule has 2 fully saturated rings. The van der Waals surface area contributed by atoms with Gasteiger partial charge in [0.05, 0.1) is 19.8 Å². The molecule has 126 valence electrons. The fraction of sp³-hybridized carbons (Fsp3) is 0.684. The predicted octanol–water partition coefficient (Wildman–Crippen LogP) is 3.20. The van der Waals surface area contributed by atoms with Crippen molar-refractivity contribution in [1.29, 1.82) is 0 Å². The summed E-state index contributed by atoms with van der Waals surface area (Å²) < 4.78 is 17.5. The third-order valence-electron chi connectivity index (χ3n) is 5.56. The van der Waals surface area contributed by atoms with Gasteiger partial charge in [-0.1, -0.05) is 0 Å². The molecule has 1 aromatic carbocycles. The van der Waals surface area contributed by atoms with E-state index >= 15 is 0 Å². The molecule has 0 aliphatic carbocycles. The SMILES string of the molecule is CN1CCC[C@@H]1CC1COc2ccc(OC3CCOCC3)cc21. The summed E-state index contributed by atoms with van der Waals surface area (Å²) in [5.74, 6) is 2.55. The molecule has 3 heterocycles. The smallest absolute Gasteiger partial charge is 0.123 e. The molecule has 3 aliphatic heterocycles. The maximum absolute atomic E-state index is 6.17. The number of likely N-dealkylation sites (tertiary alicyclic amines) is 1. The van der Waals surface area contributed by atoms with Crippen molar-refractivity contribution in [1.82, 2.24) is 4.90 Å². The molecular formula is C19H27NO3. The van der Waals surface area contributed by atoms with Gasteiger partial charge >= 0.3 is 0 Å². The van der Waals surface area contributed by atoms with Crippen LogP contribution in [0.25, 0.3) is 0 Å². The normalized spacial score (nSPS) is 28.6. The van der Waals surface area contributed by atoms with Gasteiger partial charge in [-0.3, -0.25) is 0 Å². The van der Waals surface area contributed by atoms with Crippen molar-refractivity contribution in [3.8, 4) is 11.5 Å². The minimum absolute atomic E-state index is 0.295. The van der Waals surface area contributed by atoms with E-state index in [2.05, 4.69) is 30.1 Å². The Bertz CT molecular complexity index is 541. The second kappa shape index (κ2) is 6.70.